The van der Waals surface area contributed by atoms with Crippen LogP contribution in [-0.4, -0.2) is 9.55 Å². The van der Waals surface area contributed by atoms with Gasteiger partial charge in [-0.05, 0) is 52.6 Å². The molecule has 0 amide bonds. The summed E-state index contributed by atoms with van der Waals surface area (Å²) in [4.78, 5) is 10.2. The molecule has 4 heteroatoms. The van der Waals surface area contributed by atoms with Gasteiger partial charge in [0.05, 0.1) is 16.7 Å². The Labute approximate surface area is 235 Å². The number of hydrogen-bond acceptors (Lipinski definition) is 3. The Morgan fingerprint density at radius 2 is 1.15 bits per heavy atom. The van der Waals surface area contributed by atoms with E-state index in [0.29, 0.717) is 0 Å². The van der Waals surface area contributed by atoms with Crippen molar-refractivity contribution in [2.75, 3.05) is 0 Å². The second-order valence-corrected chi connectivity index (χ2v) is 11.8. The summed E-state index contributed by atoms with van der Waals surface area (Å²) < 4.78 is 2.35. The molecule has 7 aromatic rings. The Balaban J connectivity index is 1.22. The van der Waals surface area contributed by atoms with E-state index in [1.165, 1.54) is 53.0 Å². The third kappa shape index (κ3) is 3.75. The molecule has 0 atom stereocenters. The maximum Gasteiger partial charge on any atom is 0.145 e. The van der Waals surface area contributed by atoms with Crippen LogP contribution in [0.15, 0.2) is 143 Å². The Kier molecular flexibility index (Phi) is 5.28. The van der Waals surface area contributed by atoms with Gasteiger partial charge in [-0.25, -0.2) is 4.98 Å². The summed E-state index contributed by atoms with van der Waals surface area (Å²) in [6.07, 6.45) is 0. The number of benzene rings is 5. The van der Waals surface area contributed by atoms with E-state index >= 15 is 0 Å². The minimum absolute atomic E-state index is 0.985. The number of aromatic nitrogens is 2. The second kappa shape index (κ2) is 9.12. The average molecular weight is 535 g/mol. The molecule has 2 nitrogen and oxygen atoms in total. The zero-order valence-corrected chi connectivity index (χ0v) is 22.5. The van der Waals surface area contributed by atoms with Gasteiger partial charge in [-0.15, -0.1) is 11.3 Å². The molecule has 0 bridgehead atoms. The molecule has 0 spiro atoms. The highest BCUT2D eigenvalue weighted by atomic mass is 32.2. The number of fused-ring (bicyclic) bond motifs is 2. The van der Waals surface area contributed by atoms with Crippen molar-refractivity contribution in [2.24, 2.45) is 0 Å². The average Bonchev–Trinajstić information content (AvgIpc) is 3.65. The number of rotatable bonds is 4. The predicted octanol–water partition coefficient (Wildman–Crippen LogP) is 10.2. The van der Waals surface area contributed by atoms with Gasteiger partial charge in [0.25, 0.3) is 0 Å². The number of hydrogen-bond donors (Lipinski definition) is 0. The van der Waals surface area contributed by atoms with Gasteiger partial charge in [-0.1, -0.05) is 115 Å². The molecule has 0 N–H and O–H groups in total. The molecule has 1 aliphatic rings. The lowest BCUT2D eigenvalue weighted by Gasteiger charge is -2.23. The number of nitrogens with zero attached hydrogens (tertiary/aromatic N) is 2. The first kappa shape index (κ1) is 22.6. The van der Waals surface area contributed by atoms with Crippen LogP contribution in [0.4, 0.5) is 0 Å². The molecule has 8 rings (SSSR count). The maximum absolute atomic E-state index is 5.08. The van der Waals surface area contributed by atoms with Crippen LogP contribution in [0.5, 0.6) is 0 Å². The molecule has 0 radical (unpaired) electrons. The topological polar surface area (TPSA) is 17.8 Å². The van der Waals surface area contributed by atoms with Gasteiger partial charge in [0, 0.05) is 25.1 Å². The van der Waals surface area contributed by atoms with E-state index in [1.54, 1.807) is 0 Å². The van der Waals surface area contributed by atoms with E-state index in [9.17, 15) is 0 Å². The van der Waals surface area contributed by atoms with Gasteiger partial charge in [0.15, 0.2) is 0 Å². The van der Waals surface area contributed by atoms with Crippen LogP contribution in [0, 0.1) is 0 Å². The molecule has 5 aromatic carbocycles. The minimum atomic E-state index is 0.985. The lowest BCUT2D eigenvalue weighted by atomic mass is 10.0. The molecular formula is C35H22N2S2. The van der Waals surface area contributed by atoms with Crippen molar-refractivity contribution in [3.05, 3.63) is 133 Å². The summed E-state index contributed by atoms with van der Waals surface area (Å²) in [5.74, 6) is 0.985. The van der Waals surface area contributed by atoms with Crippen molar-refractivity contribution < 1.29 is 0 Å². The summed E-state index contributed by atoms with van der Waals surface area (Å²) in [6, 6.07) is 47.6. The van der Waals surface area contributed by atoms with Crippen molar-refractivity contribution in [1.29, 1.82) is 0 Å². The van der Waals surface area contributed by atoms with Gasteiger partial charge in [0.2, 0.25) is 0 Å². The lowest BCUT2D eigenvalue weighted by Crippen LogP contribution is -2.04. The Hall–Kier alpha value is -4.38. The van der Waals surface area contributed by atoms with Gasteiger partial charge in [-0.3, -0.25) is 4.57 Å². The van der Waals surface area contributed by atoms with Crippen LogP contribution in [0.3, 0.4) is 0 Å². The molecule has 0 unspecified atom stereocenters. The first-order chi connectivity index (χ1) is 19.3. The summed E-state index contributed by atoms with van der Waals surface area (Å²) in [5.41, 5.74) is 9.51. The molecule has 1 aliphatic heterocycles. The van der Waals surface area contributed by atoms with E-state index in [-0.39, 0.29) is 0 Å². The van der Waals surface area contributed by atoms with Gasteiger partial charge >= 0.3 is 0 Å². The van der Waals surface area contributed by atoms with Crippen LogP contribution < -0.4 is 0 Å². The van der Waals surface area contributed by atoms with Crippen molar-refractivity contribution in [3.63, 3.8) is 0 Å². The zero-order chi connectivity index (χ0) is 25.8. The van der Waals surface area contributed by atoms with Crippen molar-refractivity contribution in [3.8, 4) is 49.1 Å². The fourth-order valence-electron chi connectivity index (χ4n) is 5.40. The smallest absolute Gasteiger partial charge is 0.145 e. The second-order valence-electron chi connectivity index (χ2n) is 9.62. The number of thiophene rings is 1. The predicted molar refractivity (Wildman–Crippen MR) is 165 cm³/mol. The fourth-order valence-corrected chi connectivity index (χ4v) is 7.64. The molecule has 3 heterocycles. The summed E-state index contributed by atoms with van der Waals surface area (Å²) in [6.45, 7) is 0. The summed E-state index contributed by atoms with van der Waals surface area (Å²) >= 11 is 3.69. The van der Waals surface area contributed by atoms with Crippen LogP contribution >= 0.6 is 23.1 Å². The SMILES string of the molecule is c1ccc(-c2ccc(-c3ccc(-c4cccc5c4Sc4cccc6nc(-c7ccccc7)n-5c46)cc3)s2)cc1. The molecule has 0 aliphatic carbocycles. The van der Waals surface area contributed by atoms with Gasteiger partial charge in [-0.2, -0.15) is 0 Å². The third-order valence-electron chi connectivity index (χ3n) is 7.26. The zero-order valence-electron chi connectivity index (χ0n) is 20.9. The Morgan fingerprint density at radius 1 is 0.513 bits per heavy atom. The van der Waals surface area contributed by atoms with Crippen LogP contribution in [0.1, 0.15) is 0 Å². The Bertz CT molecular complexity index is 1970. The van der Waals surface area contributed by atoms with Crippen molar-refractivity contribution in [1.82, 2.24) is 9.55 Å². The van der Waals surface area contributed by atoms with Crippen LogP contribution in [0.25, 0.3) is 60.1 Å². The molecule has 184 valence electrons. The van der Waals surface area contributed by atoms with Crippen molar-refractivity contribution >= 4 is 34.1 Å². The first-order valence-electron chi connectivity index (χ1n) is 13.0. The summed E-state index contributed by atoms with van der Waals surface area (Å²) in [7, 11) is 0. The standard InChI is InChI=1S/C35H22N2S2/c1-3-9-24(10-4-1)30-21-22-31(38-30)25-19-17-23(18-20-25)27-13-7-15-29-34(27)39-32-16-8-14-28-33(32)37(29)35(36-28)26-11-5-2-6-12-26/h1-22H. The van der Waals surface area contributed by atoms with Gasteiger partial charge in [0.1, 0.15) is 5.82 Å². The monoisotopic (exact) mass is 534 g/mol. The molecular weight excluding hydrogens is 513 g/mol. The molecule has 2 aromatic heterocycles. The van der Waals surface area contributed by atoms with E-state index in [0.717, 1.165) is 16.9 Å². The number of imidazole rings is 1. The fraction of sp³-hybridized carbons (Fsp3) is 0. The van der Waals surface area contributed by atoms with Gasteiger partial charge < -0.3 is 0 Å². The highest BCUT2D eigenvalue weighted by Gasteiger charge is 2.26. The van der Waals surface area contributed by atoms with E-state index in [4.69, 9.17) is 4.98 Å². The van der Waals surface area contributed by atoms with Crippen molar-refractivity contribution in [2.45, 2.75) is 9.79 Å². The highest BCUT2D eigenvalue weighted by Crippen LogP contribution is 2.49. The number of para-hydroxylation sites is 1. The summed E-state index contributed by atoms with van der Waals surface area (Å²) in [5, 5.41) is 0. The highest BCUT2D eigenvalue weighted by molar-refractivity contribution is 8.00. The van der Waals surface area contributed by atoms with Crippen LogP contribution in [0.2, 0.25) is 0 Å². The largest absolute Gasteiger partial charge is 0.290 e. The quantitative estimate of drug-likeness (QED) is 0.223. The Morgan fingerprint density at radius 3 is 1.90 bits per heavy atom. The third-order valence-corrected chi connectivity index (χ3v) is 9.63. The van der Waals surface area contributed by atoms with E-state index in [2.05, 4.69) is 138 Å². The normalized spacial score (nSPS) is 12.0. The van der Waals surface area contributed by atoms with E-state index < -0.39 is 0 Å². The minimum Gasteiger partial charge on any atom is -0.290 e. The van der Waals surface area contributed by atoms with E-state index in [1.807, 2.05) is 23.1 Å². The molecule has 0 saturated carbocycles. The lowest BCUT2D eigenvalue weighted by molar-refractivity contribution is 1.04. The molecule has 0 saturated heterocycles. The van der Waals surface area contributed by atoms with Crippen LogP contribution in [-0.2, 0) is 0 Å². The first-order valence-corrected chi connectivity index (χ1v) is 14.6. The maximum atomic E-state index is 5.08. The molecule has 0 fully saturated rings. The molecule has 39 heavy (non-hydrogen) atoms.